The van der Waals surface area contributed by atoms with Gasteiger partial charge in [-0.25, -0.2) is 8.78 Å². The van der Waals surface area contributed by atoms with Crippen LogP contribution in [0.4, 0.5) is 14.5 Å². The molecule has 132 valence electrons. The SMILES string of the molecule is CC(=O)c1cc(-c2ccc(NC(=O)c3c(F)cccc3F)cc2)c(C)s1. The number of hydrogen-bond donors (Lipinski definition) is 1. The third-order valence-electron chi connectivity index (χ3n) is 3.91. The number of anilines is 1. The minimum Gasteiger partial charge on any atom is -0.322 e. The van der Waals surface area contributed by atoms with Crippen LogP contribution in [-0.2, 0) is 0 Å². The number of carbonyl (C=O) groups is 2. The Bertz CT molecular complexity index is 973. The van der Waals surface area contributed by atoms with Gasteiger partial charge >= 0.3 is 0 Å². The summed E-state index contributed by atoms with van der Waals surface area (Å²) in [6, 6.07) is 12.0. The highest BCUT2D eigenvalue weighted by Gasteiger charge is 2.17. The maximum Gasteiger partial charge on any atom is 0.261 e. The molecule has 0 aliphatic rings. The minimum atomic E-state index is -0.912. The van der Waals surface area contributed by atoms with Crippen molar-refractivity contribution in [1.29, 1.82) is 0 Å². The van der Waals surface area contributed by atoms with E-state index in [0.29, 0.717) is 10.6 Å². The molecule has 0 aliphatic heterocycles. The van der Waals surface area contributed by atoms with Crippen molar-refractivity contribution in [2.75, 3.05) is 5.32 Å². The first-order valence-electron chi connectivity index (χ1n) is 7.84. The van der Waals surface area contributed by atoms with E-state index in [9.17, 15) is 18.4 Å². The maximum atomic E-state index is 13.7. The number of carbonyl (C=O) groups excluding carboxylic acids is 2. The molecule has 3 rings (SSSR count). The second kappa shape index (κ2) is 7.17. The Balaban J connectivity index is 1.82. The van der Waals surface area contributed by atoms with Crippen LogP contribution in [0, 0.1) is 18.6 Å². The van der Waals surface area contributed by atoms with E-state index in [-0.39, 0.29) is 5.78 Å². The van der Waals surface area contributed by atoms with Crippen molar-refractivity contribution in [2.24, 2.45) is 0 Å². The third kappa shape index (κ3) is 3.55. The number of amides is 1. The van der Waals surface area contributed by atoms with Crippen LogP contribution in [0.5, 0.6) is 0 Å². The number of Topliss-reactive ketones (excluding diaryl/α,β-unsaturated/α-hetero) is 1. The number of aryl methyl sites for hydroxylation is 1. The fourth-order valence-corrected chi connectivity index (χ4v) is 3.52. The summed E-state index contributed by atoms with van der Waals surface area (Å²) in [7, 11) is 0. The quantitative estimate of drug-likeness (QED) is 0.619. The number of thiophene rings is 1. The predicted octanol–water partition coefficient (Wildman–Crippen LogP) is 5.46. The smallest absolute Gasteiger partial charge is 0.261 e. The molecule has 0 bridgehead atoms. The summed E-state index contributed by atoms with van der Waals surface area (Å²) in [4.78, 5) is 25.3. The third-order valence-corrected chi connectivity index (χ3v) is 5.06. The molecule has 0 saturated heterocycles. The number of halogens is 2. The van der Waals surface area contributed by atoms with Crippen LogP contribution in [-0.4, -0.2) is 11.7 Å². The molecule has 0 aliphatic carbocycles. The van der Waals surface area contributed by atoms with E-state index in [4.69, 9.17) is 0 Å². The van der Waals surface area contributed by atoms with Crippen LogP contribution in [0.25, 0.3) is 11.1 Å². The Kier molecular flexibility index (Phi) is 4.95. The van der Waals surface area contributed by atoms with Gasteiger partial charge in [-0.1, -0.05) is 18.2 Å². The lowest BCUT2D eigenvalue weighted by Gasteiger charge is -2.08. The Hall–Kier alpha value is -2.86. The molecule has 3 nitrogen and oxygen atoms in total. The van der Waals surface area contributed by atoms with E-state index in [1.807, 2.05) is 13.0 Å². The van der Waals surface area contributed by atoms with E-state index < -0.39 is 23.1 Å². The summed E-state index contributed by atoms with van der Waals surface area (Å²) in [5.74, 6) is -2.66. The summed E-state index contributed by atoms with van der Waals surface area (Å²) in [5, 5.41) is 2.49. The number of ketones is 1. The number of benzene rings is 2. The van der Waals surface area contributed by atoms with Crippen molar-refractivity contribution in [3.8, 4) is 11.1 Å². The fourth-order valence-electron chi connectivity index (χ4n) is 2.58. The van der Waals surface area contributed by atoms with Gasteiger partial charge in [0.1, 0.15) is 17.2 Å². The predicted molar refractivity (Wildman–Crippen MR) is 98.8 cm³/mol. The van der Waals surface area contributed by atoms with E-state index in [1.54, 1.807) is 24.3 Å². The average Bonchev–Trinajstić information content (AvgIpc) is 2.97. The van der Waals surface area contributed by atoms with Crippen LogP contribution < -0.4 is 5.32 Å². The Morgan fingerprint density at radius 2 is 1.62 bits per heavy atom. The van der Waals surface area contributed by atoms with Crippen molar-refractivity contribution in [2.45, 2.75) is 13.8 Å². The van der Waals surface area contributed by atoms with Gasteiger partial charge in [0.25, 0.3) is 5.91 Å². The van der Waals surface area contributed by atoms with Crippen LogP contribution in [0.1, 0.15) is 31.8 Å². The lowest BCUT2D eigenvalue weighted by Crippen LogP contribution is -2.15. The molecule has 0 atom stereocenters. The zero-order chi connectivity index (χ0) is 18.8. The molecule has 2 aromatic carbocycles. The zero-order valence-corrected chi connectivity index (χ0v) is 14.9. The first-order valence-corrected chi connectivity index (χ1v) is 8.65. The molecule has 1 heterocycles. The van der Waals surface area contributed by atoms with Gasteiger partial charge in [0.15, 0.2) is 5.78 Å². The molecule has 0 spiro atoms. The molecule has 1 N–H and O–H groups in total. The van der Waals surface area contributed by atoms with E-state index in [0.717, 1.165) is 28.1 Å². The van der Waals surface area contributed by atoms with Crippen molar-refractivity contribution < 1.29 is 18.4 Å². The molecule has 1 aromatic heterocycles. The van der Waals surface area contributed by atoms with Gasteiger partial charge < -0.3 is 5.32 Å². The summed E-state index contributed by atoms with van der Waals surface area (Å²) < 4.78 is 27.3. The van der Waals surface area contributed by atoms with Crippen molar-refractivity contribution >= 4 is 28.7 Å². The topological polar surface area (TPSA) is 46.2 Å². The summed E-state index contributed by atoms with van der Waals surface area (Å²) in [5.41, 5.74) is 1.64. The zero-order valence-electron chi connectivity index (χ0n) is 14.1. The first kappa shape index (κ1) is 17.9. The van der Waals surface area contributed by atoms with Crippen molar-refractivity contribution in [3.05, 3.63) is 75.5 Å². The minimum absolute atomic E-state index is 0.0140. The standard InChI is InChI=1S/C20H15F2NO2S/c1-11(24)18-10-15(12(2)26-18)13-6-8-14(9-7-13)23-20(25)19-16(21)4-3-5-17(19)22/h3-10H,1-2H3,(H,23,25). The highest BCUT2D eigenvalue weighted by atomic mass is 32.1. The number of rotatable bonds is 4. The second-order valence-corrected chi connectivity index (χ2v) is 7.02. The Morgan fingerprint density at radius 3 is 2.15 bits per heavy atom. The molecule has 0 unspecified atom stereocenters. The van der Waals surface area contributed by atoms with E-state index in [1.165, 1.54) is 24.3 Å². The highest BCUT2D eigenvalue weighted by molar-refractivity contribution is 7.14. The molecule has 0 radical (unpaired) electrons. The van der Waals surface area contributed by atoms with Gasteiger partial charge in [-0.05, 0) is 55.3 Å². The van der Waals surface area contributed by atoms with Crippen molar-refractivity contribution in [3.63, 3.8) is 0 Å². The Morgan fingerprint density at radius 1 is 1.00 bits per heavy atom. The van der Waals surface area contributed by atoms with Crippen LogP contribution in [0.15, 0.2) is 48.5 Å². The first-order chi connectivity index (χ1) is 12.4. The molecule has 26 heavy (non-hydrogen) atoms. The van der Waals surface area contributed by atoms with Gasteiger partial charge in [-0.3, -0.25) is 9.59 Å². The van der Waals surface area contributed by atoms with Gasteiger partial charge in [-0.2, -0.15) is 0 Å². The molecule has 6 heteroatoms. The molecule has 1 amide bonds. The molecular formula is C20H15F2NO2S. The number of nitrogens with one attached hydrogen (secondary N) is 1. The van der Waals surface area contributed by atoms with E-state index in [2.05, 4.69) is 5.32 Å². The summed E-state index contributed by atoms with van der Waals surface area (Å²) in [6.07, 6.45) is 0. The monoisotopic (exact) mass is 371 g/mol. The molecular weight excluding hydrogens is 356 g/mol. The summed E-state index contributed by atoms with van der Waals surface area (Å²) in [6.45, 7) is 3.46. The van der Waals surface area contributed by atoms with Gasteiger partial charge in [0.05, 0.1) is 4.88 Å². The van der Waals surface area contributed by atoms with Crippen LogP contribution >= 0.6 is 11.3 Å². The van der Waals surface area contributed by atoms with Gasteiger partial charge in [0, 0.05) is 10.6 Å². The number of hydrogen-bond acceptors (Lipinski definition) is 3. The van der Waals surface area contributed by atoms with Crippen molar-refractivity contribution in [1.82, 2.24) is 0 Å². The highest BCUT2D eigenvalue weighted by Crippen LogP contribution is 2.32. The normalized spacial score (nSPS) is 10.6. The molecule has 0 saturated carbocycles. The largest absolute Gasteiger partial charge is 0.322 e. The summed E-state index contributed by atoms with van der Waals surface area (Å²) >= 11 is 1.43. The lowest BCUT2D eigenvalue weighted by atomic mass is 10.1. The Labute approximate surface area is 153 Å². The van der Waals surface area contributed by atoms with Crippen LogP contribution in [0.2, 0.25) is 0 Å². The van der Waals surface area contributed by atoms with Crippen LogP contribution in [0.3, 0.4) is 0 Å². The van der Waals surface area contributed by atoms with Gasteiger partial charge in [0.2, 0.25) is 0 Å². The molecule has 3 aromatic rings. The fraction of sp³-hybridized carbons (Fsp3) is 0.100. The molecule has 0 fully saturated rings. The van der Waals surface area contributed by atoms with Gasteiger partial charge in [-0.15, -0.1) is 11.3 Å². The lowest BCUT2D eigenvalue weighted by molar-refractivity contribution is 0.101. The average molecular weight is 371 g/mol. The van der Waals surface area contributed by atoms with E-state index >= 15 is 0 Å². The maximum absolute atomic E-state index is 13.7. The second-order valence-electron chi connectivity index (χ2n) is 5.76.